The van der Waals surface area contributed by atoms with E-state index in [0.717, 1.165) is 0 Å². The van der Waals surface area contributed by atoms with Crippen molar-refractivity contribution in [1.29, 1.82) is 0 Å². The lowest BCUT2D eigenvalue weighted by molar-refractivity contribution is -0.141. The molecule has 0 spiro atoms. The van der Waals surface area contributed by atoms with Crippen LogP contribution in [0.4, 0.5) is 5.69 Å². The van der Waals surface area contributed by atoms with Crippen molar-refractivity contribution in [3.05, 3.63) is 62.6 Å². The summed E-state index contributed by atoms with van der Waals surface area (Å²) < 4.78 is 4.89. The van der Waals surface area contributed by atoms with Crippen molar-refractivity contribution in [2.45, 2.75) is 5.92 Å². The lowest BCUT2D eigenvalue weighted by Crippen LogP contribution is -2.17. The van der Waals surface area contributed by atoms with Crippen molar-refractivity contribution in [1.82, 2.24) is 0 Å². The number of ether oxygens (including phenoxy) is 1. The van der Waals surface area contributed by atoms with Gasteiger partial charge in [-0.1, -0.05) is 46.9 Å². The number of anilines is 1. The Labute approximate surface area is 143 Å². The molecule has 2 rings (SSSR count). The molecule has 1 unspecified atom stereocenters. The number of nitrogen functional groups attached to an aromatic ring is 1. The Morgan fingerprint density at radius 2 is 1.68 bits per heavy atom. The summed E-state index contributed by atoms with van der Waals surface area (Å²) in [5.74, 6) is 4.13. The molecular weight excluding hydrogens is 347 g/mol. The number of halogens is 3. The monoisotopic (exact) mass is 358 g/mol. The molecule has 0 aliphatic carbocycles. The number of carbonyl (C=O) groups is 1. The molecule has 0 saturated heterocycles. The van der Waals surface area contributed by atoms with E-state index >= 15 is 0 Å². The fraction of sp³-hybridized carbons (Fsp3) is 0.133. The van der Waals surface area contributed by atoms with Gasteiger partial charge >= 0.3 is 5.97 Å². The molecular formula is C15H13Cl3N2O2. The zero-order valence-corrected chi connectivity index (χ0v) is 13.8. The van der Waals surface area contributed by atoms with Crippen molar-refractivity contribution < 1.29 is 9.53 Å². The molecule has 0 fully saturated rings. The summed E-state index contributed by atoms with van der Waals surface area (Å²) in [6.45, 7) is 0. The largest absolute Gasteiger partial charge is 0.468 e. The molecule has 2 aromatic rings. The number of hydrogen-bond donors (Lipinski definition) is 2. The highest BCUT2D eigenvalue weighted by atomic mass is 35.5. The highest BCUT2D eigenvalue weighted by Gasteiger charge is 2.28. The van der Waals surface area contributed by atoms with Crippen LogP contribution in [0.15, 0.2) is 36.4 Å². The second-order valence-electron chi connectivity index (χ2n) is 4.51. The predicted octanol–water partition coefficient (Wildman–Crippen LogP) is 4.24. The maximum Gasteiger partial charge on any atom is 0.317 e. The number of carbonyl (C=O) groups excluding carboxylic acids is 1. The number of nitrogens with one attached hydrogen (secondary N) is 1. The van der Waals surface area contributed by atoms with E-state index in [1.165, 1.54) is 7.11 Å². The van der Waals surface area contributed by atoms with Crippen LogP contribution in [0.25, 0.3) is 0 Å². The van der Waals surface area contributed by atoms with Gasteiger partial charge in [0.1, 0.15) is 5.92 Å². The topological polar surface area (TPSA) is 64.3 Å². The molecule has 0 aliphatic rings. The van der Waals surface area contributed by atoms with Crippen LogP contribution in [-0.4, -0.2) is 13.1 Å². The fourth-order valence-corrected chi connectivity index (χ4v) is 2.97. The van der Waals surface area contributed by atoms with Gasteiger partial charge in [-0.2, -0.15) is 0 Å². The molecule has 0 bridgehead atoms. The van der Waals surface area contributed by atoms with Crippen LogP contribution < -0.4 is 11.3 Å². The van der Waals surface area contributed by atoms with Crippen molar-refractivity contribution in [3.8, 4) is 0 Å². The van der Waals surface area contributed by atoms with E-state index in [0.29, 0.717) is 31.9 Å². The van der Waals surface area contributed by atoms with Crippen LogP contribution >= 0.6 is 34.8 Å². The molecule has 2 aromatic carbocycles. The first-order valence-electron chi connectivity index (χ1n) is 6.26. The first-order chi connectivity index (χ1) is 10.5. The molecule has 0 aliphatic heterocycles. The van der Waals surface area contributed by atoms with Crippen LogP contribution in [0.1, 0.15) is 17.0 Å². The molecule has 1 atom stereocenters. The number of methoxy groups -OCH3 is 1. The number of hydrogen-bond acceptors (Lipinski definition) is 4. The van der Waals surface area contributed by atoms with Gasteiger partial charge in [0.2, 0.25) is 0 Å². The molecule has 0 amide bonds. The Kier molecular flexibility index (Phi) is 5.53. The standard InChI is InChI=1S/C15H13Cl3N2O2/c1-22-15(21)13(8-2-4-9(16)5-3-8)14-11(17)6-10(20-19)7-12(14)18/h2-7,13,20H,19H2,1H3. The van der Waals surface area contributed by atoms with Gasteiger partial charge in [0.05, 0.1) is 12.8 Å². The van der Waals surface area contributed by atoms with Crippen LogP contribution in [-0.2, 0) is 9.53 Å². The summed E-state index contributed by atoms with van der Waals surface area (Å²) in [6, 6.07) is 10.0. The van der Waals surface area contributed by atoms with Gasteiger partial charge in [-0.15, -0.1) is 0 Å². The van der Waals surface area contributed by atoms with Gasteiger partial charge in [-0.05, 0) is 29.8 Å². The van der Waals surface area contributed by atoms with Crippen LogP contribution in [0.2, 0.25) is 15.1 Å². The minimum Gasteiger partial charge on any atom is -0.468 e. The number of esters is 1. The van der Waals surface area contributed by atoms with E-state index < -0.39 is 11.9 Å². The van der Waals surface area contributed by atoms with Crippen molar-refractivity contribution in [2.24, 2.45) is 5.84 Å². The Morgan fingerprint density at radius 3 is 2.14 bits per heavy atom. The maximum atomic E-state index is 12.2. The zero-order valence-electron chi connectivity index (χ0n) is 11.6. The minimum atomic E-state index is -0.755. The second kappa shape index (κ2) is 7.20. The van der Waals surface area contributed by atoms with E-state index in [-0.39, 0.29) is 0 Å². The van der Waals surface area contributed by atoms with Gasteiger partial charge in [0.25, 0.3) is 0 Å². The van der Waals surface area contributed by atoms with Crippen molar-refractivity contribution >= 4 is 46.5 Å². The Bertz CT molecular complexity index is 667. The summed E-state index contributed by atoms with van der Waals surface area (Å²) in [5, 5.41) is 1.18. The van der Waals surface area contributed by atoms with E-state index in [4.69, 9.17) is 45.4 Å². The minimum absolute atomic E-state index is 0.311. The van der Waals surface area contributed by atoms with Gasteiger partial charge < -0.3 is 10.2 Å². The van der Waals surface area contributed by atoms with Crippen molar-refractivity contribution in [2.75, 3.05) is 12.5 Å². The van der Waals surface area contributed by atoms with Gasteiger partial charge in [-0.3, -0.25) is 10.6 Å². The smallest absolute Gasteiger partial charge is 0.317 e. The zero-order chi connectivity index (χ0) is 16.3. The normalized spacial score (nSPS) is 11.9. The summed E-state index contributed by atoms with van der Waals surface area (Å²) >= 11 is 18.4. The first kappa shape index (κ1) is 16.9. The Morgan fingerprint density at radius 1 is 1.14 bits per heavy atom. The molecule has 0 aromatic heterocycles. The van der Waals surface area contributed by atoms with Gasteiger partial charge in [-0.25, -0.2) is 0 Å². The van der Waals surface area contributed by atoms with Crippen LogP contribution in [0.3, 0.4) is 0 Å². The summed E-state index contributed by atoms with van der Waals surface area (Å²) in [6.07, 6.45) is 0. The second-order valence-corrected chi connectivity index (χ2v) is 5.76. The third-order valence-corrected chi connectivity index (χ3v) is 4.05. The fourth-order valence-electron chi connectivity index (χ4n) is 2.14. The van der Waals surface area contributed by atoms with Crippen LogP contribution in [0, 0.1) is 0 Å². The quantitative estimate of drug-likeness (QED) is 0.487. The molecule has 0 heterocycles. The van der Waals surface area contributed by atoms with Crippen LogP contribution in [0.5, 0.6) is 0 Å². The van der Waals surface area contributed by atoms with Gasteiger partial charge in [0, 0.05) is 20.6 Å². The van der Waals surface area contributed by atoms with Gasteiger partial charge in [0.15, 0.2) is 0 Å². The third-order valence-electron chi connectivity index (χ3n) is 3.17. The van der Waals surface area contributed by atoms with E-state index in [9.17, 15) is 4.79 Å². The van der Waals surface area contributed by atoms with Crippen molar-refractivity contribution in [3.63, 3.8) is 0 Å². The SMILES string of the molecule is COC(=O)C(c1ccc(Cl)cc1)c1c(Cl)cc(NN)cc1Cl. The molecule has 4 nitrogen and oxygen atoms in total. The predicted molar refractivity (Wildman–Crippen MR) is 89.6 cm³/mol. The summed E-state index contributed by atoms with van der Waals surface area (Å²) in [4.78, 5) is 12.2. The highest BCUT2D eigenvalue weighted by Crippen LogP contribution is 2.38. The summed E-state index contributed by atoms with van der Waals surface area (Å²) in [5.41, 5.74) is 4.13. The van der Waals surface area contributed by atoms with E-state index in [1.807, 2.05) is 0 Å². The molecule has 0 saturated carbocycles. The molecule has 22 heavy (non-hydrogen) atoms. The Hall–Kier alpha value is -1.46. The Balaban J connectivity index is 2.60. The third kappa shape index (κ3) is 3.47. The number of benzene rings is 2. The van der Waals surface area contributed by atoms with E-state index in [2.05, 4.69) is 5.43 Å². The molecule has 3 N–H and O–H groups in total. The average molecular weight is 360 g/mol. The lowest BCUT2D eigenvalue weighted by Gasteiger charge is -2.19. The first-order valence-corrected chi connectivity index (χ1v) is 7.40. The molecule has 0 radical (unpaired) electrons. The summed E-state index contributed by atoms with van der Waals surface area (Å²) in [7, 11) is 1.31. The molecule has 7 heteroatoms. The number of nitrogens with two attached hydrogens (primary N) is 1. The number of rotatable bonds is 4. The number of hydrazine groups is 1. The maximum absolute atomic E-state index is 12.2. The lowest BCUT2D eigenvalue weighted by atomic mass is 9.91. The highest BCUT2D eigenvalue weighted by molar-refractivity contribution is 6.37. The molecule has 116 valence electrons. The van der Waals surface area contributed by atoms with E-state index in [1.54, 1.807) is 36.4 Å². The average Bonchev–Trinajstić information content (AvgIpc) is 2.51.